The first-order valence-corrected chi connectivity index (χ1v) is 11.1. The number of hydrogen-bond acceptors (Lipinski definition) is 6. The Labute approximate surface area is 176 Å². The Hall–Kier alpha value is -2.62. The van der Waals surface area contributed by atoms with E-state index in [1.54, 1.807) is 44.4 Å². The van der Waals surface area contributed by atoms with Crippen LogP contribution in [0.15, 0.2) is 41.3 Å². The zero-order valence-corrected chi connectivity index (χ0v) is 18.1. The lowest BCUT2D eigenvalue weighted by Gasteiger charge is -2.27. The summed E-state index contributed by atoms with van der Waals surface area (Å²) in [7, 11) is -2.26. The van der Waals surface area contributed by atoms with E-state index in [9.17, 15) is 13.2 Å². The maximum Gasteiger partial charge on any atom is 0.255 e. The van der Waals surface area contributed by atoms with Crippen molar-refractivity contribution < 1.29 is 27.4 Å². The molecule has 162 valence electrons. The number of ether oxygens (including phenoxy) is 3. The van der Waals surface area contributed by atoms with Gasteiger partial charge >= 0.3 is 0 Å². The van der Waals surface area contributed by atoms with Gasteiger partial charge in [-0.05, 0) is 49.7 Å². The summed E-state index contributed by atoms with van der Waals surface area (Å²) in [6.07, 6.45) is 0. The lowest BCUT2D eigenvalue weighted by atomic mass is 10.1. The molecule has 1 N–H and O–H groups in total. The van der Waals surface area contributed by atoms with E-state index in [2.05, 4.69) is 5.32 Å². The summed E-state index contributed by atoms with van der Waals surface area (Å²) in [5.41, 5.74) is 1.67. The van der Waals surface area contributed by atoms with Crippen LogP contribution in [-0.2, 0) is 14.8 Å². The Morgan fingerprint density at radius 3 is 2.53 bits per heavy atom. The van der Waals surface area contributed by atoms with Gasteiger partial charge < -0.3 is 19.5 Å². The predicted octanol–water partition coefficient (Wildman–Crippen LogP) is 2.68. The highest BCUT2D eigenvalue weighted by molar-refractivity contribution is 7.89. The summed E-state index contributed by atoms with van der Waals surface area (Å²) in [6.45, 7) is 5.22. The van der Waals surface area contributed by atoms with E-state index in [1.165, 1.54) is 10.4 Å². The van der Waals surface area contributed by atoms with Crippen LogP contribution in [0.1, 0.15) is 22.8 Å². The predicted molar refractivity (Wildman–Crippen MR) is 113 cm³/mol. The number of amides is 1. The number of morpholine rings is 1. The second-order valence-electron chi connectivity index (χ2n) is 6.75. The summed E-state index contributed by atoms with van der Waals surface area (Å²) in [6, 6.07) is 9.73. The number of aryl methyl sites for hydroxylation is 1. The number of nitrogens with one attached hydrogen (secondary N) is 1. The van der Waals surface area contributed by atoms with Gasteiger partial charge in [0.2, 0.25) is 10.0 Å². The van der Waals surface area contributed by atoms with Crippen LogP contribution < -0.4 is 14.8 Å². The standard InChI is InChI=1S/C21H26N2O6S/c1-4-29-18-8-7-17(14-20(18)30(25,26)23-9-11-28-12-10-23)22-21(24)16-6-5-15(2)19(13-16)27-3/h5-8,13-14H,4,9-12H2,1-3H3,(H,22,24). The van der Waals surface area contributed by atoms with Gasteiger partial charge in [0, 0.05) is 24.3 Å². The number of benzene rings is 2. The van der Waals surface area contributed by atoms with E-state index in [1.807, 2.05) is 6.92 Å². The van der Waals surface area contributed by atoms with Crippen LogP contribution in [0.25, 0.3) is 0 Å². The molecule has 2 aromatic rings. The van der Waals surface area contributed by atoms with Crippen LogP contribution >= 0.6 is 0 Å². The molecule has 1 saturated heterocycles. The average Bonchev–Trinajstić information content (AvgIpc) is 2.75. The van der Waals surface area contributed by atoms with Gasteiger partial charge in [-0.15, -0.1) is 0 Å². The van der Waals surface area contributed by atoms with Crippen molar-refractivity contribution in [3.63, 3.8) is 0 Å². The summed E-state index contributed by atoms with van der Waals surface area (Å²) < 4.78 is 43.8. The minimum Gasteiger partial charge on any atom is -0.496 e. The summed E-state index contributed by atoms with van der Waals surface area (Å²) in [5, 5.41) is 2.76. The number of carbonyl (C=O) groups is 1. The molecule has 8 nitrogen and oxygen atoms in total. The van der Waals surface area contributed by atoms with E-state index in [-0.39, 0.29) is 29.6 Å². The van der Waals surface area contributed by atoms with E-state index >= 15 is 0 Å². The Morgan fingerprint density at radius 1 is 1.13 bits per heavy atom. The highest BCUT2D eigenvalue weighted by Crippen LogP contribution is 2.31. The Morgan fingerprint density at radius 2 is 1.87 bits per heavy atom. The van der Waals surface area contributed by atoms with Crippen LogP contribution in [0, 0.1) is 6.92 Å². The highest BCUT2D eigenvalue weighted by atomic mass is 32.2. The first kappa shape index (κ1) is 22.1. The van der Waals surface area contributed by atoms with Crippen LogP contribution in [0.3, 0.4) is 0 Å². The van der Waals surface area contributed by atoms with Crippen LogP contribution in [0.2, 0.25) is 0 Å². The smallest absolute Gasteiger partial charge is 0.255 e. The molecule has 0 aromatic heterocycles. The largest absolute Gasteiger partial charge is 0.496 e. The van der Waals surface area contributed by atoms with Crippen molar-refractivity contribution in [2.24, 2.45) is 0 Å². The molecular formula is C21H26N2O6S. The Kier molecular flexibility index (Phi) is 6.96. The van der Waals surface area contributed by atoms with Crippen LogP contribution in [0.4, 0.5) is 5.69 Å². The fraction of sp³-hybridized carbons (Fsp3) is 0.381. The molecule has 0 atom stereocenters. The fourth-order valence-electron chi connectivity index (χ4n) is 3.15. The number of methoxy groups -OCH3 is 1. The normalized spacial score (nSPS) is 14.9. The summed E-state index contributed by atoms with van der Waals surface area (Å²) >= 11 is 0. The fourth-order valence-corrected chi connectivity index (χ4v) is 4.72. The van der Waals surface area contributed by atoms with Gasteiger partial charge in [0.1, 0.15) is 16.4 Å². The van der Waals surface area contributed by atoms with Crippen molar-refractivity contribution in [1.82, 2.24) is 4.31 Å². The topological polar surface area (TPSA) is 94.2 Å². The Balaban J connectivity index is 1.91. The van der Waals surface area contributed by atoms with Gasteiger partial charge in [-0.2, -0.15) is 4.31 Å². The number of anilines is 1. The molecule has 9 heteroatoms. The second-order valence-corrected chi connectivity index (χ2v) is 8.66. The lowest BCUT2D eigenvalue weighted by Crippen LogP contribution is -2.40. The van der Waals surface area contributed by atoms with Gasteiger partial charge in [0.25, 0.3) is 5.91 Å². The average molecular weight is 435 g/mol. The number of rotatable bonds is 7. The van der Waals surface area contributed by atoms with Gasteiger partial charge in [-0.3, -0.25) is 4.79 Å². The van der Waals surface area contributed by atoms with Crippen LogP contribution in [-0.4, -0.2) is 58.7 Å². The molecule has 0 bridgehead atoms. The zero-order chi connectivity index (χ0) is 21.7. The number of carbonyl (C=O) groups excluding carboxylic acids is 1. The van der Waals surface area contributed by atoms with Crippen molar-refractivity contribution >= 4 is 21.6 Å². The van der Waals surface area contributed by atoms with Gasteiger partial charge in [0.05, 0.1) is 26.9 Å². The Bertz CT molecular complexity index is 1020. The number of hydrogen-bond donors (Lipinski definition) is 1. The molecule has 1 amide bonds. The molecule has 0 saturated carbocycles. The minimum atomic E-state index is -3.80. The molecule has 1 fully saturated rings. The zero-order valence-electron chi connectivity index (χ0n) is 17.3. The molecule has 0 unspecified atom stereocenters. The molecule has 2 aromatic carbocycles. The molecule has 30 heavy (non-hydrogen) atoms. The second kappa shape index (κ2) is 9.46. The lowest BCUT2D eigenvalue weighted by molar-refractivity contribution is 0.0729. The van der Waals surface area contributed by atoms with E-state index < -0.39 is 10.0 Å². The molecule has 0 spiro atoms. The third kappa shape index (κ3) is 4.75. The maximum atomic E-state index is 13.2. The molecule has 0 radical (unpaired) electrons. The van der Waals surface area contributed by atoms with Crippen molar-refractivity contribution in [2.45, 2.75) is 18.7 Å². The van der Waals surface area contributed by atoms with E-state index in [0.717, 1.165) is 5.56 Å². The van der Waals surface area contributed by atoms with Crippen LogP contribution in [0.5, 0.6) is 11.5 Å². The van der Waals surface area contributed by atoms with Crippen molar-refractivity contribution in [3.05, 3.63) is 47.5 Å². The first-order valence-electron chi connectivity index (χ1n) is 9.67. The van der Waals surface area contributed by atoms with E-state index in [0.29, 0.717) is 36.8 Å². The molecule has 1 aliphatic heterocycles. The molecule has 0 aliphatic carbocycles. The SMILES string of the molecule is CCOc1ccc(NC(=O)c2ccc(C)c(OC)c2)cc1S(=O)(=O)N1CCOCC1. The van der Waals surface area contributed by atoms with Crippen molar-refractivity contribution in [1.29, 1.82) is 0 Å². The molecular weight excluding hydrogens is 408 g/mol. The highest BCUT2D eigenvalue weighted by Gasteiger charge is 2.30. The minimum absolute atomic E-state index is 0.0190. The number of sulfonamides is 1. The summed E-state index contributed by atoms with van der Waals surface area (Å²) in [4.78, 5) is 12.7. The van der Waals surface area contributed by atoms with E-state index in [4.69, 9.17) is 14.2 Å². The summed E-state index contributed by atoms with van der Waals surface area (Å²) in [5.74, 6) is 0.483. The first-order chi connectivity index (χ1) is 14.4. The third-order valence-electron chi connectivity index (χ3n) is 4.76. The third-order valence-corrected chi connectivity index (χ3v) is 6.68. The molecule has 1 aliphatic rings. The molecule has 1 heterocycles. The van der Waals surface area contributed by atoms with Gasteiger partial charge in [-0.25, -0.2) is 8.42 Å². The van der Waals surface area contributed by atoms with Gasteiger partial charge in [-0.1, -0.05) is 6.07 Å². The monoisotopic (exact) mass is 434 g/mol. The number of nitrogens with zero attached hydrogens (tertiary/aromatic N) is 1. The molecule has 3 rings (SSSR count). The quantitative estimate of drug-likeness (QED) is 0.720. The maximum absolute atomic E-state index is 13.2. The van der Waals surface area contributed by atoms with Gasteiger partial charge in [0.15, 0.2) is 0 Å². The van der Waals surface area contributed by atoms with Crippen molar-refractivity contribution in [3.8, 4) is 11.5 Å². The van der Waals surface area contributed by atoms with Crippen molar-refractivity contribution in [2.75, 3.05) is 45.3 Å².